The number of fused-ring (bicyclic) bond motifs is 1. The predicted molar refractivity (Wildman–Crippen MR) is 106 cm³/mol. The van der Waals surface area contributed by atoms with Crippen LogP contribution in [-0.2, 0) is 17.8 Å². The van der Waals surface area contributed by atoms with Crippen molar-refractivity contribution >= 4 is 28.7 Å². The molecule has 2 aromatic rings. The lowest BCUT2D eigenvalue weighted by atomic mass is 10.2. The number of thiocarbonyl (C=S) groups is 1. The summed E-state index contributed by atoms with van der Waals surface area (Å²) in [6.07, 6.45) is 2.50. The lowest BCUT2D eigenvalue weighted by Gasteiger charge is -2.28. The second-order valence-corrected chi connectivity index (χ2v) is 7.86. The molecule has 1 N–H and O–H groups in total. The third-order valence-electron chi connectivity index (χ3n) is 4.54. The molecule has 2 aliphatic heterocycles. The Kier molecular flexibility index (Phi) is 5.57. The molecule has 1 aromatic heterocycles. The van der Waals surface area contributed by atoms with Crippen LogP contribution in [-0.4, -0.2) is 36.1 Å². The molecule has 1 atom stereocenters. The number of nitrogens with zero attached hydrogens (tertiary/aromatic N) is 1. The third-order valence-corrected chi connectivity index (χ3v) is 5.81. The van der Waals surface area contributed by atoms with Crippen LogP contribution >= 0.6 is 23.6 Å². The van der Waals surface area contributed by atoms with E-state index in [1.165, 1.54) is 4.88 Å². The maximum atomic E-state index is 5.81. The van der Waals surface area contributed by atoms with Gasteiger partial charge in [-0.25, -0.2) is 0 Å². The van der Waals surface area contributed by atoms with Gasteiger partial charge in [0.15, 0.2) is 16.6 Å². The molecule has 138 valence electrons. The molecule has 2 aliphatic rings. The summed E-state index contributed by atoms with van der Waals surface area (Å²) in [6.45, 7) is 3.44. The maximum Gasteiger partial charge on any atom is 0.231 e. The van der Waals surface area contributed by atoms with Gasteiger partial charge in [-0.1, -0.05) is 12.1 Å². The topological polar surface area (TPSA) is 43.0 Å². The smallest absolute Gasteiger partial charge is 0.231 e. The van der Waals surface area contributed by atoms with Crippen molar-refractivity contribution in [3.05, 3.63) is 46.2 Å². The Morgan fingerprint density at radius 2 is 2.19 bits per heavy atom. The zero-order valence-corrected chi connectivity index (χ0v) is 16.1. The summed E-state index contributed by atoms with van der Waals surface area (Å²) >= 11 is 7.44. The summed E-state index contributed by atoms with van der Waals surface area (Å²) in [5.74, 6) is 1.60. The van der Waals surface area contributed by atoms with E-state index in [-0.39, 0.29) is 6.10 Å². The molecule has 4 rings (SSSR count). The van der Waals surface area contributed by atoms with Gasteiger partial charge in [-0.15, -0.1) is 11.3 Å². The number of benzene rings is 1. The van der Waals surface area contributed by atoms with Gasteiger partial charge in [-0.05, 0) is 54.2 Å². The van der Waals surface area contributed by atoms with Gasteiger partial charge in [0, 0.05) is 24.6 Å². The van der Waals surface area contributed by atoms with Crippen LogP contribution in [0.5, 0.6) is 11.5 Å². The average molecular weight is 391 g/mol. The van der Waals surface area contributed by atoms with Gasteiger partial charge < -0.3 is 24.4 Å². The first-order chi connectivity index (χ1) is 12.8. The summed E-state index contributed by atoms with van der Waals surface area (Å²) in [4.78, 5) is 3.51. The molecule has 1 fully saturated rings. The highest BCUT2D eigenvalue weighted by atomic mass is 32.1. The molecule has 0 bridgehead atoms. The van der Waals surface area contributed by atoms with Crippen LogP contribution in [0.3, 0.4) is 0 Å². The number of rotatable bonds is 6. The van der Waals surface area contributed by atoms with Gasteiger partial charge in [0.2, 0.25) is 6.79 Å². The molecule has 7 heteroatoms. The van der Waals surface area contributed by atoms with E-state index in [0.29, 0.717) is 13.3 Å². The van der Waals surface area contributed by atoms with Gasteiger partial charge in [-0.3, -0.25) is 0 Å². The van der Waals surface area contributed by atoms with E-state index in [9.17, 15) is 0 Å². The summed E-state index contributed by atoms with van der Waals surface area (Å²) < 4.78 is 16.6. The van der Waals surface area contributed by atoms with Gasteiger partial charge in [-0.2, -0.15) is 0 Å². The number of ether oxygens (including phenoxy) is 3. The molecule has 5 nitrogen and oxygen atoms in total. The highest BCUT2D eigenvalue weighted by Gasteiger charge is 2.21. The maximum absolute atomic E-state index is 5.81. The average Bonchev–Trinajstić information content (AvgIpc) is 3.40. The van der Waals surface area contributed by atoms with Crippen molar-refractivity contribution in [2.45, 2.75) is 32.0 Å². The standard InChI is InChI=1S/C19H22N2O3S2/c25-19(20-10-14-5-6-17-18(9-14)24-13-23-17)21(11-15-3-1-7-22-15)12-16-4-2-8-26-16/h2,4-6,8-9,15H,1,3,7,10-13H2,(H,20,25)/t15-/m1/s1. The Morgan fingerprint density at radius 1 is 1.27 bits per heavy atom. The van der Waals surface area contributed by atoms with Crippen LogP contribution < -0.4 is 14.8 Å². The fourth-order valence-corrected chi connectivity index (χ4v) is 4.12. The SMILES string of the molecule is S=C(NCc1ccc2c(c1)OCO2)N(Cc1cccs1)C[C@H]1CCCO1. The minimum atomic E-state index is 0.264. The van der Waals surface area contributed by atoms with Gasteiger partial charge in [0.1, 0.15) is 0 Å². The first kappa shape index (κ1) is 17.6. The molecular weight excluding hydrogens is 368 g/mol. The zero-order chi connectivity index (χ0) is 17.8. The Labute approximate surface area is 162 Å². The van der Waals surface area contributed by atoms with Crippen LogP contribution in [0.1, 0.15) is 23.3 Å². The Balaban J connectivity index is 1.38. The molecule has 0 amide bonds. The van der Waals surface area contributed by atoms with Crippen molar-refractivity contribution in [3.8, 4) is 11.5 Å². The molecule has 0 aliphatic carbocycles. The Bertz CT molecular complexity index is 745. The molecule has 3 heterocycles. The normalized spacial score (nSPS) is 18.1. The molecule has 1 aromatic carbocycles. The summed E-state index contributed by atoms with van der Waals surface area (Å²) in [6, 6.07) is 10.2. The third kappa shape index (κ3) is 4.28. The van der Waals surface area contributed by atoms with Crippen molar-refractivity contribution in [2.75, 3.05) is 19.9 Å². The number of nitrogens with one attached hydrogen (secondary N) is 1. The highest BCUT2D eigenvalue weighted by Crippen LogP contribution is 2.32. The fourth-order valence-electron chi connectivity index (χ4n) is 3.18. The second-order valence-electron chi connectivity index (χ2n) is 6.44. The molecule has 0 spiro atoms. The Morgan fingerprint density at radius 3 is 3.00 bits per heavy atom. The lowest BCUT2D eigenvalue weighted by Crippen LogP contribution is -2.42. The summed E-state index contributed by atoms with van der Waals surface area (Å²) in [5, 5.41) is 6.24. The predicted octanol–water partition coefficient (Wildman–Crippen LogP) is 3.53. The van der Waals surface area contributed by atoms with Crippen LogP contribution in [0, 0.1) is 0 Å². The monoisotopic (exact) mass is 390 g/mol. The minimum Gasteiger partial charge on any atom is -0.454 e. The van der Waals surface area contributed by atoms with Crippen LogP contribution in [0.25, 0.3) is 0 Å². The van der Waals surface area contributed by atoms with E-state index in [1.807, 2.05) is 18.2 Å². The van der Waals surface area contributed by atoms with E-state index >= 15 is 0 Å². The highest BCUT2D eigenvalue weighted by molar-refractivity contribution is 7.80. The van der Waals surface area contributed by atoms with Crippen molar-refractivity contribution in [2.24, 2.45) is 0 Å². The molecule has 0 saturated carbocycles. The zero-order valence-electron chi connectivity index (χ0n) is 14.5. The van der Waals surface area contributed by atoms with Crippen molar-refractivity contribution < 1.29 is 14.2 Å². The lowest BCUT2D eigenvalue weighted by molar-refractivity contribution is 0.0899. The first-order valence-corrected chi connectivity index (χ1v) is 10.1. The van der Waals surface area contributed by atoms with E-state index < -0.39 is 0 Å². The van der Waals surface area contributed by atoms with Crippen molar-refractivity contribution in [1.29, 1.82) is 0 Å². The van der Waals surface area contributed by atoms with Gasteiger partial charge in [0.25, 0.3) is 0 Å². The number of thiophene rings is 1. The molecular formula is C19H22N2O3S2. The molecule has 0 unspecified atom stereocenters. The first-order valence-electron chi connectivity index (χ1n) is 8.83. The number of hydrogen-bond acceptors (Lipinski definition) is 5. The van der Waals surface area contributed by atoms with Gasteiger partial charge in [0.05, 0.1) is 12.6 Å². The Hall–Kier alpha value is -1.83. The fraction of sp³-hybridized carbons (Fsp3) is 0.421. The summed E-state index contributed by atoms with van der Waals surface area (Å²) in [5.41, 5.74) is 1.12. The van der Waals surface area contributed by atoms with Crippen LogP contribution in [0.2, 0.25) is 0 Å². The largest absolute Gasteiger partial charge is 0.454 e. The summed E-state index contributed by atoms with van der Waals surface area (Å²) in [7, 11) is 0. The van der Waals surface area contributed by atoms with Crippen molar-refractivity contribution in [3.63, 3.8) is 0 Å². The number of hydrogen-bond donors (Lipinski definition) is 1. The van der Waals surface area contributed by atoms with E-state index in [1.54, 1.807) is 11.3 Å². The van der Waals surface area contributed by atoms with Crippen molar-refractivity contribution in [1.82, 2.24) is 10.2 Å². The van der Waals surface area contributed by atoms with E-state index in [4.69, 9.17) is 26.4 Å². The minimum absolute atomic E-state index is 0.264. The molecule has 0 radical (unpaired) electrons. The second kappa shape index (κ2) is 8.24. The molecule has 1 saturated heterocycles. The van der Waals surface area contributed by atoms with Crippen LogP contribution in [0.15, 0.2) is 35.7 Å². The molecule has 26 heavy (non-hydrogen) atoms. The van der Waals surface area contributed by atoms with Gasteiger partial charge >= 0.3 is 0 Å². The van der Waals surface area contributed by atoms with Crippen LogP contribution in [0.4, 0.5) is 0 Å². The van der Waals surface area contributed by atoms with E-state index in [0.717, 1.165) is 54.7 Å². The quantitative estimate of drug-likeness (QED) is 0.761. The van der Waals surface area contributed by atoms with E-state index in [2.05, 4.69) is 27.7 Å².